The lowest BCUT2D eigenvalue weighted by atomic mass is 9.98. The molecule has 1 aliphatic rings. The Labute approximate surface area is 114 Å². The van der Waals surface area contributed by atoms with E-state index < -0.39 is 0 Å². The summed E-state index contributed by atoms with van der Waals surface area (Å²) in [6, 6.07) is 6.14. The van der Waals surface area contributed by atoms with E-state index in [-0.39, 0.29) is 0 Å². The molecule has 2 N–H and O–H groups in total. The van der Waals surface area contributed by atoms with Crippen LogP contribution in [0.15, 0.2) is 18.2 Å². The summed E-state index contributed by atoms with van der Waals surface area (Å²) in [6.07, 6.45) is 1.03. The highest BCUT2D eigenvalue weighted by Gasteiger charge is 2.19. The molecule has 4 nitrogen and oxygen atoms in total. The molecule has 0 saturated heterocycles. The molecule has 6 heteroatoms. The predicted molar refractivity (Wildman–Crippen MR) is 73.6 cm³/mol. The molecule has 0 radical (unpaired) electrons. The van der Waals surface area contributed by atoms with Gasteiger partial charge in [0, 0.05) is 18.8 Å². The van der Waals surface area contributed by atoms with Crippen molar-refractivity contribution < 1.29 is 0 Å². The van der Waals surface area contributed by atoms with Gasteiger partial charge < -0.3 is 5.73 Å². The summed E-state index contributed by atoms with van der Waals surface area (Å²) in [5, 5.41) is 8.83. The largest absolute Gasteiger partial charge is 0.398 e. The fraction of sp³-hybridized carbons (Fsp3) is 0.333. The number of fused-ring (bicyclic) bond motifs is 1. The minimum Gasteiger partial charge on any atom is -0.398 e. The van der Waals surface area contributed by atoms with E-state index in [9.17, 15) is 0 Å². The summed E-state index contributed by atoms with van der Waals surface area (Å²) in [6.45, 7) is 2.69. The molecule has 3 rings (SSSR count). The highest BCUT2D eigenvalue weighted by atomic mass is 35.5. The third-order valence-corrected chi connectivity index (χ3v) is 4.19. The van der Waals surface area contributed by atoms with Crippen LogP contribution in [0.2, 0.25) is 4.47 Å². The van der Waals surface area contributed by atoms with Crippen LogP contribution in [-0.4, -0.2) is 21.6 Å². The number of halogens is 1. The lowest BCUT2D eigenvalue weighted by Gasteiger charge is -2.28. The summed E-state index contributed by atoms with van der Waals surface area (Å²) in [5.41, 5.74) is 9.52. The molecule has 0 aliphatic carbocycles. The summed E-state index contributed by atoms with van der Waals surface area (Å²) in [5.74, 6) is 0. The number of nitrogens with zero attached hydrogens (tertiary/aromatic N) is 3. The fourth-order valence-electron chi connectivity index (χ4n) is 2.29. The number of benzene rings is 1. The molecule has 0 atom stereocenters. The molecule has 0 amide bonds. The van der Waals surface area contributed by atoms with Gasteiger partial charge in [0.2, 0.25) is 4.47 Å². The van der Waals surface area contributed by atoms with Crippen LogP contribution in [0.5, 0.6) is 0 Å². The first-order chi connectivity index (χ1) is 8.72. The third kappa shape index (κ3) is 2.34. The van der Waals surface area contributed by atoms with Crippen molar-refractivity contribution in [3.8, 4) is 0 Å². The Morgan fingerprint density at radius 2 is 2.28 bits per heavy atom. The van der Waals surface area contributed by atoms with Gasteiger partial charge in [-0.05, 0) is 35.2 Å². The van der Waals surface area contributed by atoms with Gasteiger partial charge in [-0.2, -0.15) is 0 Å². The average Bonchev–Trinajstić information content (AvgIpc) is 2.76. The van der Waals surface area contributed by atoms with Gasteiger partial charge in [0.15, 0.2) is 0 Å². The van der Waals surface area contributed by atoms with Gasteiger partial charge in [-0.15, -0.1) is 10.2 Å². The number of hydrogen-bond acceptors (Lipinski definition) is 5. The molecule has 2 aromatic rings. The Balaban J connectivity index is 1.76. The fourth-order valence-corrected chi connectivity index (χ4v) is 3.20. The van der Waals surface area contributed by atoms with Crippen LogP contribution in [0.1, 0.15) is 16.1 Å². The molecule has 0 unspecified atom stereocenters. The molecule has 2 heterocycles. The zero-order valence-electron chi connectivity index (χ0n) is 9.77. The number of nitrogens with two attached hydrogens (primary N) is 1. The number of rotatable bonds is 2. The maximum atomic E-state index is 6.03. The van der Waals surface area contributed by atoms with E-state index in [2.05, 4.69) is 21.2 Å². The Kier molecular flexibility index (Phi) is 3.20. The van der Waals surface area contributed by atoms with Gasteiger partial charge in [0.05, 0.1) is 6.54 Å². The summed E-state index contributed by atoms with van der Waals surface area (Å²) in [4.78, 5) is 2.33. The lowest BCUT2D eigenvalue weighted by molar-refractivity contribution is 0.245. The first-order valence-corrected chi connectivity index (χ1v) is 6.98. The molecule has 1 aromatic carbocycles. The number of hydrogen-bond donors (Lipinski definition) is 1. The predicted octanol–water partition coefficient (Wildman–Crippen LogP) is 2.33. The second-order valence-electron chi connectivity index (χ2n) is 4.39. The zero-order chi connectivity index (χ0) is 12.5. The smallest absolute Gasteiger partial charge is 0.207 e. The normalized spacial score (nSPS) is 15.6. The van der Waals surface area contributed by atoms with Crippen molar-refractivity contribution in [1.29, 1.82) is 0 Å². The molecular weight excluding hydrogens is 268 g/mol. The lowest BCUT2D eigenvalue weighted by Crippen LogP contribution is -2.30. The second-order valence-corrected chi connectivity index (χ2v) is 6.04. The Hall–Kier alpha value is -1.17. The van der Waals surface area contributed by atoms with Crippen LogP contribution in [-0.2, 0) is 19.5 Å². The summed E-state index contributed by atoms with van der Waals surface area (Å²) >= 11 is 7.23. The minimum atomic E-state index is 0.502. The van der Waals surface area contributed by atoms with Crippen LogP contribution in [0.25, 0.3) is 0 Å². The molecular formula is C12H13ClN4S. The van der Waals surface area contributed by atoms with Crippen molar-refractivity contribution in [3.05, 3.63) is 38.8 Å². The van der Waals surface area contributed by atoms with Crippen LogP contribution in [0.4, 0.5) is 5.69 Å². The standard InChI is InChI=1S/C12H13ClN4S/c13-12-16-15-11(18-12)7-17-5-4-8-2-1-3-10(14)9(8)6-17/h1-3H,4-7,14H2. The van der Waals surface area contributed by atoms with Crippen LogP contribution < -0.4 is 5.73 Å². The van der Waals surface area contributed by atoms with Crippen molar-refractivity contribution in [2.24, 2.45) is 0 Å². The Bertz CT molecular complexity index is 569. The van der Waals surface area contributed by atoms with Crippen molar-refractivity contribution in [2.75, 3.05) is 12.3 Å². The topological polar surface area (TPSA) is 55.0 Å². The van der Waals surface area contributed by atoms with Crippen molar-refractivity contribution >= 4 is 28.6 Å². The number of nitrogen functional groups attached to an aromatic ring is 1. The van der Waals surface area contributed by atoms with Crippen molar-refractivity contribution in [3.63, 3.8) is 0 Å². The third-order valence-electron chi connectivity index (χ3n) is 3.19. The highest BCUT2D eigenvalue weighted by molar-refractivity contribution is 7.15. The van der Waals surface area contributed by atoms with Gasteiger partial charge in [-0.3, -0.25) is 4.90 Å². The number of aromatic nitrogens is 2. The van der Waals surface area contributed by atoms with Gasteiger partial charge in [0.25, 0.3) is 0 Å². The second kappa shape index (κ2) is 4.84. The van der Waals surface area contributed by atoms with E-state index in [1.165, 1.54) is 22.5 Å². The summed E-state index contributed by atoms with van der Waals surface area (Å²) < 4.78 is 0.502. The molecule has 0 saturated carbocycles. The van der Waals surface area contributed by atoms with E-state index in [0.29, 0.717) is 4.47 Å². The van der Waals surface area contributed by atoms with Crippen molar-refractivity contribution in [1.82, 2.24) is 15.1 Å². The maximum absolute atomic E-state index is 6.03. The maximum Gasteiger partial charge on any atom is 0.207 e. The first-order valence-electron chi connectivity index (χ1n) is 5.79. The molecule has 0 bridgehead atoms. The SMILES string of the molecule is Nc1cccc2c1CN(Cc1nnc(Cl)s1)CC2. The van der Waals surface area contributed by atoms with Crippen LogP contribution in [0.3, 0.4) is 0 Å². The van der Waals surface area contributed by atoms with Crippen LogP contribution in [0, 0.1) is 0 Å². The highest BCUT2D eigenvalue weighted by Crippen LogP contribution is 2.26. The van der Waals surface area contributed by atoms with Gasteiger partial charge in [-0.25, -0.2) is 0 Å². The Morgan fingerprint density at radius 1 is 1.39 bits per heavy atom. The average molecular weight is 281 g/mol. The van der Waals surface area contributed by atoms with E-state index in [4.69, 9.17) is 17.3 Å². The molecule has 18 heavy (non-hydrogen) atoms. The van der Waals surface area contributed by atoms with E-state index >= 15 is 0 Å². The Morgan fingerprint density at radius 3 is 3.06 bits per heavy atom. The van der Waals surface area contributed by atoms with E-state index in [1.54, 1.807) is 0 Å². The minimum absolute atomic E-state index is 0.502. The quantitative estimate of drug-likeness (QED) is 0.858. The monoisotopic (exact) mass is 280 g/mol. The first kappa shape index (κ1) is 11.9. The molecule has 94 valence electrons. The molecule has 0 spiro atoms. The molecule has 1 aliphatic heterocycles. The van der Waals surface area contributed by atoms with E-state index in [1.807, 2.05) is 12.1 Å². The van der Waals surface area contributed by atoms with Gasteiger partial charge in [0.1, 0.15) is 5.01 Å². The molecule has 1 aromatic heterocycles. The van der Waals surface area contributed by atoms with Gasteiger partial charge in [-0.1, -0.05) is 23.5 Å². The summed E-state index contributed by atoms with van der Waals surface area (Å²) in [7, 11) is 0. The number of anilines is 1. The molecule has 0 fully saturated rings. The van der Waals surface area contributed by atoms with Crippen molar-refractivity contribution in [2.45, 2.75) is 19.5 Å². The van der Waals surface area contributed by atoms with Crippen LogP contribution >= 0.6 is 22.9 Å². The van der Waals surface area contributed by atoms with Gasteiger partial charge >= 0.3 is 0 Å². The van der Waals surface area contributed by atoms with E-state index in [0.717, 1.165) is 36.8 Å². The zero-order valence-corrected chi connectivity index (χ0v) is 11.3.